The van der Waals surface area contributed by atoms with Gasteiger partial charge in [-0.1, -0.05) is 23.8 Å². The summed E-state index contributed by atoms with van der Waals surface area (Å²) < 4.78 is 0. The van der Waals surface area contributed by atoms with E-state index in [2.05, 4.69) is 43.9 Å². The first-order chi connectivity index (χ1) is 9.02. The second-order valence-electron chi connectivity index (χ2n) is 6.85. The van der Waals surface area contributed by atoms with Crippen LogP contribution in [0.4, 0.5) is 0 Å². The molecule has 0 aromatic heterocycles. The van der Waals surface area contributed by atoms with Crippen molar-refractivity contribution in [3.8, 4) is 0 Å². The second-order valence-corrected chi connectivity index (χ2v) is 6.85. The van der Waals surface area contributed by atoms with Crippen molar-refractivity contribution in [1.82, 2.24) is 4.90 Å². The van der Waals surface area contributed by atoms with Gasteiger partial charge in [0.05, 0.1) is 0 Å². The second kappa shape index (κ2) is 4.60. The standard InChI is InChI=1S/C17H26N2/c1-12(2)19-8-6-17(7-9-19)11-14-5-4-13(3)10-15(14)16(17)18/h4-5,10,12,16H,6-9,11,18H2,1-3H3/t16-/m1/s1. The number of benzene rings is 1. The Morgan fingerprint density at radius 1 is 1.26 bits per heavy atom. The fourth-order valence-corrected chi connectivity index (χ4v) is 3.96. The van der Waals surface area contributed by atoms with E-state index >= 15 is 0 Å². The van der Waals surface area contributed by atoms with E-state index in [1.165, 1.54) is 49.0 Å². The summed E-state index contributed by atoms with van der Waals surface area (Å²) >= 11 is 0. The summed E-state index contributed by atoms with van der Waals surface area (Å²) in [7, 11) is 0. The molecule has 2 aliphatic rings. The van der Waals surface area contributed by atoms with E-state index < -0.39 is 0 Å². The summed E-state index contributed by atoms with van der Waals surface area (Å²) in [6.45, 7) is 9.17. The lowest BCUT2D eigenvalue weighted by Crippen LogP contribution is -2.46. The molecular weight excluding hydrogens is 232 g/mol. The number of likely N-dealkylation sites (tertiary alicyclic amines) is 1. The minimum atomic E-state index is 0.247. The maximum atomic E-state index is 6.63. The van der Waals surface area contributed by atoms with E-state index in [1.807, 2.05) is 0 Å². The van der Waals surface area contributed by atoms with Gasteiger partial charge in [0.2, 0.25) is 0 Å². The smallest absolute Gasteiger partial charge is 0.0359 e. The number of aryl methyl sites for hydroxylation is 1. The number of fused-ring (bicyclic) bond motifs is 1. The molecule has 2 N–H and O–H groups in total. The molecular formula is C17H26N2. The van der Waals surface area contributed by atoms with E-state index in [1.54, 1.807) is 0 Å². The Hall–Kier alpha value is -0.860. The van der Waals surface area contributed by atoms with Crippen LogP contribution in [0.5, 0.6) is 0 Å². The largest absolute Gasteiger partial charge is 0.323 e. The van der Waals surface area contributed by atoms with Crippen LogP contribution in [0.3, 0.4) is 0 Å². The third kappa shape index (κ3) is 2.11. The van der Waals surface area contributed by atoms with Gasteiger partial charge in [0.15, 0.2) is 0 Å². The minimum absolute atomic E-state index is 0.247. The lowest BCUT2D eigenvalue weighted by molar-refractivity contribution is 0.0710. The molecule has 1 aliphatic heterocycles. The third-order valence-corrected chi connectivity index (χ3v) is 5.36. The lowest BCUT2D eigenvalue weighted by atomic mass is 9.73. The maximum Gasteiger partial charge on any atom is 0.0359 e. The molecule has 2 nitrogen and oxygen atoms in total. The third-order valence-electron chi connectivity index (χ3n) is 5.36. The van der Waals surface area contributed by atoms with Crippen LogP contribution < -0.4 is 5.73 Å². The summed E-state index contributed by atoms with van der Waals surface area (Å²) in [6.07, 6.45) is 3.69. The fraction of sp³-hybridized carbons (Fsp3) is 0.647. The Bertz CT molecular complexity index is 470. The zero-order chi connectivity index (χ0) is 13.6. The van der Waals surface area contributed by atoms with Gasteiger partial charge in [0.25, 0.3) is 0 Å². The van der Waals surface area contributed by atoms with Crippen LogP contribution in [-0.4, -0.2) is 24.0 Å². The highest BCUT2D eigenvalue weighted by Gasteiger charge is 2.45. The van der Waals surface area contributed by atoms with Crippen LogP contribution in [0.25, 0.3) is 0 Å². The molecule has 0 radical (unpaired) electrons. The van der Waals surface area contributed by atoms with E-state index in [9.17, 15) is 0 Å². The normalized spacial score (nSPS) is 26.1. The molecule has 1 spiro atoms. The number of nitrogens with zero attached hydrogens (tertiary/aromatic N) is 1. The Labute approximate surface area is 117 Å². The molecule has 3 rings (SSSR count). The van der Waals surface area contributed by atoms with Crippen molar-refractivity contribution in [3.63, 3.8) is 0 Å². The highest BCUT2D eigenvalue weighted by molar-refractivity contribution is 5.40. The number of piperidine rings is 1. The van der Waals surface area contributed by atoms with Crippen molar-refractivity contribution in [2.75, 3.05) is 13.1 Å². The zero-order valence-electron chi connectivity index (χ0n) is 12.4. The molecule has 0 saturated carbocycles. The predicted molar refractivity (Wildman–Crippen MR) is 80.2 cm³/mol. The lowest BCUT2D eigenvalue weighted by Gasteiger charge is -2.43. The van der Waals surface area contributed by atoms with Crippen LogP contribution in [0.1, 0.15) is 49.4 Å². The van der Waals surface area contributed by atoms with Crippen LogP contribution >= 0.6 is 0 Å². The molecule has 0 bridgehead atoms. The predicted octanol–water partition coefficient (Wildman–Crippen LogP) is 3.04. The van der Waals surface area contributed by atoms with Crippen LogP contribution in [0.2, 0.25) is 0 Å². The summed E-state index contributed by atoms with van der Waals surface area (Å²) in [4.78, 5) is 2.59. The quantitative estimate of drug-likeness (QED) is 0.839. The van der Waals surface area contributed by atoms with Gasteiger partial charge in [-0.25, -0.2) is 0 Å². The van der Waals surface area contributed by atoms with Crippen molar-refractivity contribution >= 4 is 0 Å². The summed E-state index contributed by atoms with van der Waals surface area (Å²) in [6, 6.07) is 7.75. The van der Waals surface area contributed by atoms with E-state index in [-0.39, 0.29) is 6.04 Å². The van der Waals surface area contributed by atoms with Crippen LogP contribution in [0.15, 0.2) is 18.2 Å². The van der Waals surface area contributed by atoms with Crippen LogP contribution in [-0.2, 0) is 6.42 Å². The van der Waals surface area contributed by atoms with Crippen molar-refractivity contribution in [3.05, 3.63) is 34.9 Å². The first-order valence-corrected chi connectivity index (χ1v) is 7.61. The molecule has 1 fully saturated rings. The highest BCUT2D eigenvalue weighted by atomic mass is 15.2. The van der Waals surface area contributed by atoms with Crippen molar-refractivity contribution in [2.45, 2.75) is 52.1 Å². The number of rotatable bonds is 1. The molecule has 1 atom stereocenters. The van der Waals surface area contributed by atoms with Crippen molar-refractivity contribution in [2.24, 2.45) is 11.1 Å². The first kappa shape index (κ1) is 13.1. The average Bonchev–Trinajstić information content (AvgIpc) is 2.64. The SMILES string of the molecule is Cc1ccc2c(c1)[C@@H](N)C1(CCN(C(C)C)CC1)C2. The van der Waals surface area contributed by atoms with Gasteiger partial charge in [0, 0.05) is 12.1 Å². The van der Waals surface area contributed by atoms with Gasteiger partial charge in [-0.2, -0.15) is 0 Å². The molecule has 1 heterocycles. The molecule has 1 aromatic rings. The molecule has 19 heavy (non-hydrogen) atoms. The Kier molecular flexibility index (Phi) is 3.18. The highest BCUT2D eigenvalue weighted by Crippen LogP contribution is 2.50. The van der Waals surface area contributed by atoms with Crippen LogP contribution in [0, 0.1) is 12.3 Å². The molecule has 104 valence electrons. The molecule has 1 aliphatic carbocycles. The first-order valence-electron chi connectivity index (χ1n) is 7.61. The fourth-order valence-electron chi connectivity index (χ4n) is 3.96. The van der Waals surface area contributed by atoms with E-state index in [4.69, 9.17) is 5.73 Å². The summed E-state index contributed by atoms with van der Waals surface area (Å²) in [5, 5.41) is 0. The molecule has 0 amide bonds. The average molecular weight is 258 g/mol. The number of nitrogens with two attached hydrogens (primary N) is 1. The van der Waals surface area contributed by atoms with Gasteiger partial charge >= 0.3 is 0 Å². The van der Waals surface area contributed by atoms with Gasteiger partial charge in [0.1, 0.15) is 0 Å². The Morgan fingerprint density at radius 3 is 2.58 bits per heavy atom. The Balaban J connectivity index is 1.82. The number of hydrogen-bond donors (Lipinski definition) is 1. The monoisotopic (exact) mass is 258 g/mol. The molecule has 0 unspecified atom stereocenters. The molecule has 1 aromatic carbocycles. The minimum Gasteiger partial charge on any atom is -0.323 e. The maximum absolute atomic E-state index is 6.63. The summed E-state index contributed by atoms with van der Waals surface area (Å²) in [5.41, 5.74) is 11.2. The van der Waals surface area contributed by atoms with Gasteiger partial charge in [-0.3, -0.25) is 0 Å². The van der Waals surface area contributed by atoms with Gasteiger partial charge in [-0.05, 0) is 69.7 Å². The van der Waals surface area contributed by atoms with Crippen molar-refractivity contribution in [1.29, 1.82) is 0 Å². The van der Waals surface area contributed by atoms with E-state index in [0.717, 1.165) is 0 Å². The Morgan fingerprint density at radius 2 is 1.95 bits per heavy atom. The van der Waals surface area contributed by atoms with Crippen molar-refractivity contribution < 1.29 is 0 Å². The molecule has 1 saturated heterocycles. The van der Waals surface area contributed by atoms with E-state index in [0.29, 0.717) is 11.5 Å². The zero-order valence-corrected chi connectivity index (χ0v) is 12.4. The van der Waals surface area contributed by atoms with Gasteiger partial charge in [-0.15, -0.1) is 0 Å². The number of hydrogen-bond acceptors (Lipinski definition) is 2. The topological polar surface area (TPSA) is 29.3 Å². The summed E-state index contributed by atoms with van der Waals surface area (Å²) in [5.74, 6) is 0. The molecule has 2 heteroatoms. The van der Waals surface area contributed by atoms with Gasteiger partial charge < -0.3 is 10.6 Å².